The fraction of sp³-hybridized carbons (Fsp3) is 0.231. The highest BCUT2D eigenvalue weighted by Crippen LogP contribution is 2.26. The van der Waals surface area contributed by atoms with Gasteiger partial charge in [0, 0.05) is 12.6 Å². The minimum Gasteiger partial charge on any atom is -0.373 e. The maximum atomic E-state index is 4.92. The molecular formula is C13H15N3O. The quantitative estimate of drug-likeness (QED) is 0.878. The normalized spacial score (nSPS) is 10.3. The standard InChI is InChI=1S/C13H15N3O/c1-8(2)10-5-6-12(15-13(10)14-4)11-7-17-16-9(11)3/h5-7H,1H2,2-4H3,(H,14,15). The fourth-order valence-corrected chi connectivity index (χ4v) is 1.68. The predicted molar refractivity (Wildman–Crippen MR) is 68.7 cm³/mol. The summed E-state index contributed by atoms with van der Waals surface area (Å²) in [7, 11) is 1.85. The van der Waals surface area contributed by atoms with Crippen molar-refractivity contribution in [2.75, 3.05) is 12.4 Å². The van der Waals surface area contributed by atoms with Crippen LogP contribution in [0, 0.1) is 6.92 Å². The number of nitrogens with zero attached hydrogens (tertiary/aromatic N) is 2. The van der Waals surface area contributed by atoms with Gasteiger partial charge in [-0.1, -0.05) is 11.7 Å². The molecule has 0 saturated carbocycles. The van der Waals surface area contributed by atoms with Gasteiger partial charge in [0.1, 0.15) is 12.1 Å². The van der Waals surface area contributed by atoms with Crippen LogP contribution in [0.4, 0.5) is 5.82 Å². The van der Waals surface area contributed by atoms with E-state index in [0.29, 0.717) is 0 Å². The van der Waals surface area contributed by atoms with Crippen LogP contribution in [0.3, 0.4) is 0 Å². The van der Waals surface area contributed by atoms with E-state index in [4.69, 9.17) is 4.52 Å². The van der Waals surface area contributed by atoms with Crippen molar-refractivity contribution in [2.45, 2.75) is 13.8 Å². The van der Waals surface area contributed by atoms with Crippen molar-refractivity contribution in [3.8, 4) is 11.3 Å². The maximum absolute atomic E-state index is 4.92. The van der Waals surface area contributed by atoms with Crippen molar-refractivity contribution in [3.63, 3.8) is 0 Å². The summed E-state index contributed by atoms with van der Waals surface area (Å²) in [5, 5.41) is 6.93. The first-order valence-corrected chi connectivity index (χ1v) is 5.39. The second kappa shape index (κ2) is 4.41. The highest BCUT2D eigenvalue weighted by Gasteiger charge is 2.10. The number of hydrogen-bond donors (Lipinski definition) is 1. The van der Waals surface area contributed by atoms with Gasteiger partial charge in [-0.2, -0.15) is 0 Å². The SMILES string of the molecule is C=C(C)c1ccc(-c2conc2C)nc1NC. The van der Waals surface area contributed by atoms with Gasteiger partial charge in [-0.15, -0.1) is 0 Å². The zero-order chi connectivity index (χ0) is 12.4. The molecule has 0 amide bonds. The molecule has 0 atom stereocenters. The van der Waals surface area contributed by atoms with Gasteiger partial charge in [-0.3, -0.25) is 0 Å². The number of aromatic nitrogens is 2. The third kappa shape index (κ3) is 2.06. The first-order valence-electron chi connectivity index (χ1n) is 5.39. The third-order valence-electron chi connectivity index (χ3n) is 2.62. The highest BCUT2D eigenvalue weighted by atomic mass is 16.5. The van der Waals surface area contributed by atoms with Gasteiger partial charge in [0.25, 0.3) is 0 Å². The van der Waals surface area contributed by atoms with Crippen LogP contribution < -0.4 is 5.32 Å². The largest absolute Gasteiger partial charge is 0.373 e. The number of nitrogens with one attached hydrogen (secondary N) is 1. The summed E-state index contributed by atoms with van der Waals surface area (Å²) in [5.41, 5.74) is 4.59. The van der Waals surface area contributed by atoms with E-state index < -0.39 is 0 Å². The van der Waals surface area contributed by atoms with Crippen LogP contribution in [-0.4, -0.2) is 17.2 Å². The lowest BCUT2D eigenvalue weighted by molar-refractivity contribution is 0.415. The molecule has 0 unspecified atom stereocenters. The van der Waals surface area contributed by atoms with Gasteiger partial charge >= 0.3 is 0 Å². The number of rotatable bonds is 3. The Morgan fingerprint density at radius 3 is 2.71 bits per heavy atom. The smallest absolute Gasteiger partial charge is 0.133 e. The first-order chi connectivity index (χ1) is 8.13. The molecule has 0 saturated heterocycles. The zero-order valence-electron chi connectivity index (χ0n) is 10.2. The number of hydrogen-bond acceptors (Lipinski definition) is 4. The van der Waals surface area contributed by atoms with E-state index in [1.54, 1.807) is 6.26 Å². The Balaban J connectivity index is 2.52. The number of aryl methyl sites for hydroxylation is 1. The summed E-state index contributed by atoms with van der Waals surface area (Å²) in [6.45, 7) is 7.79. The second-order valence-electron chi connectivity index (χ2n) is 3.94. The van der Waals surface area contributed by atoms with E-state index >= 15 is 0 Å². The topological polar surface area (TPSA) is 51.0 Å². The second-order valence-corrected chi connectivity index (χ2v) is 3.94. The molecule has 0 fully saturated rings. The molecule has 1 N–H and O–H groups in total. The zero-order valence-corrected chi connectivity index (χ0v) is 10.2. The summed E-state index contributed by atoms with van der Waals surface area (Å²) in [5.74, 6) is 0.815. The minimum atomic E-state index is 0.815. The summed E-state index contributed by atoms with van der Waals surface area (Å²) in [4.78, 5) is 4.54. The van der Waals surface area contributed by atoms with Crippen molar-refractivity contribution < 1.29 is 4.52 Å². The van der Waals surface area contributed by atoms with Crippen LogP contribution in [0.25, 0.3) is 16.8 Å². The van der Waals surface area contributed by atoms with Gasteiger partial charge in [0.2, 0.25) is 0 Å². The van der Waals surface area contributed by atoms with Crippen molar-refractivity contribution >= 4 is 11.4 Å². The Kier molecular flexibility index (Phi) is 2.95. The molecule has 0 aromatic carbocycles. The van der Waals surface area contributed by atoms with E-state index in [1.807, 2.05) is 33.0 Å². The fourth-order valence-electron chi connectivity index (χ4n) is 1.68. The summed E-state index contributed by atoms with van der Waals surface area (Å²) in [6.07, 6.45) is 1.61. The molecule has 2 aromatic rings. The van der Waals surface area contributed by atoms with Crippen LogP contribution in [-0.2, 0) is 0 Å². The highest BCUT2D eigenvalue weighted by molar-refractivity contribution is 5.74. The van der Waals surface area contributed by atoms with E-state index in [0.717, 1.165) is 33.9 Å². The molecule has 17 heavy (non-hydrogen) atoms. The molecule has 0 spiro atoms. The van der Waals surface area contributed by atoms with Gasteiger partial charge in [0.05, 0.1) is 17.0 Å². The van der Waals surface area contributed by atoms with Crippen LogP contribution in [0.15, 0.2) is 29.5 Å². The van der Waals surface area contributed by atoms with Crippen molar-refractivity contribution in [1.29, 1.82) is 0 Å². The molecule has 2 heterocycles. The van der Waals surface area contributed by atoms with E-state index in [2.05, 4.69) is 22.0 Å². The monoisotopic (exact) mass is 229 g/mol. The van der Waals surface area contributed by atoms with Crippen LogP contribution in [0.2, 0.25) is 0 Å². The molecular weight excluding hydrogens is 214 g/mol. The third-order valence-corrected chi connectivity index (χ3v) is 2.62. The molecule has 2 aromatic heterocycles. The molecule has 4 heteroatoms. The summed E-state index contributed by atoms with van der Waals surface area (Å²) >= 11 is 0. The molecule has 0 aliphatic heterocycles. The number of pyridine rings is 1. The molecule has 4 nitrogen and oxygen atoms in total. The van der Waals surface area contributed by atoms with Crippen LogP contribution >= 0.6 is 0 Å². The Morgan fingerprint density at radius 1 is 1.41 bits per heavy atom. The number of anilines is 1. The average molecular weight is 229 g/mol. The summed E-state index contributed by atoms with van der Waals surface area (Å²) in [6, 6.07) is 3.95. The number of allylic oxidation sites excluding steroid dienone is 1. The Morgan fingerprint density at radius 2 is 2.18 bits per heavy atom. The van der Waals surface area contributed by atoms with E-state index in [-0.39, 0.29) is 0 Å². The molecule has 0 radical (unpaired) electrons. The van der Waals surface area contributed by atoms with Crippen molar-refractivity contribution in [3.05, 3.63) is 36.2 Å². The van der Waals surface area contributed by atoms with Crippen molar-refractivity contribution in [2.24, 2.45) is 0 Å². The maximum Gasteiger partial charge on any atom is 0.133 e. The van der Waals surface area contributed by atoms with Crippen LogP contribution in [0.5, 0.6) is 0 Å². The molecule has 0 aliphatic carbocycles. The van der Waals surface area contributed by atoms with Gasteiger partial charge in [-0.25, -0.2) is 4.98 Å². The predicted octanol–water partition coefficient (Wildman–Crippen LogP) is 3.12. The average Bonchev–Trinajstić information content (AvgIpc) is 2.74. The van der Waals surface area contributed by atoms with Crippen LogP contribution in [0.1, 0.15) is 18.2 Å². The Bertz CT molecular complexity index is 558. The van der Waals surface area contributed by atoms with Gasteiger partial charge in [-0.05, 0) is 31.6 Å². The first kappa shape index (κ1) is 11.4. The van der Waals surface area contributed by atoms with E-state index in [9.17, 15) is 0 Å². The Hall–Kier alpha value is -2.10. The van der Waals surface area contributed by atoms with Gasteiger partial charge < -0.3 is 9.84 Å². The molecule has 0 bridgehead atoms. The molecule has 2 rings (SSSR count). The minimum absolute atomic E-state index is 0.815. The lowest BCUT2D eigenvalue weighted by Gasteiger charge is -2.09. The summed E-state index contributed by atoms with van der Waals surface area (Å²) < 4.78 is 4.92. The van der Waals surface area contributed by atoms with Gasteiger partial charge in [0.15, 0.2) is 0 Å². The molecule has 88 valence electrons. The lowest BCUT2D eigenvalue weighted by Crippen LogP contribution is -1.98. The van der Waals surface area contributed by atoms with Crippen molar-refractivity contribution in [1.82, 2.24) is 10.1 Å². The molecule has 0 aliphatic rings. The Labute approximate surface area is 100 Å². The van der Waals surface area contributed by atoms with E-state index in [1.165, 1.54) is 0 Å². The lowest BCUT2D eigenvalue weighted by atomic mass is 10.1.